The van der Waals surface area contributed by atoms with E-state index in [1.54, 1.807) is 0 Å². The van der Waals surface area contributed by atoms with Gasteiger partial charge in [0.15, 0.2) is 11.5 Å². The molecule has 0 saturated carbocycles. The van der Waals surface area contributed by atoms with E-state index in [-0.39, 0.29) is 0 Å². The van der Waals surface area contributed by atoms with Crippen molar-refractivity contribution in [3.05, 3.63) is 59.5 Å². The summed E-state index contributed by atoms with van der Waals surface area (Å²) in [4.78, 5) is 4.29. The first kappa shape index (κ1) is 12.7. The first-order valence-electron chi connectivity index (χ1n) is 6.52. The largest absolute Gasteiger partial charge is 0.489 e. The van der Waals surface area contributed by atoms with Crippen LogP contribution in [0.15, 0.2) is 46.9 Å². The molecule has 0 aliphatic rings. The van der Waals surface area contributed by atoms with Gasteiger partial charge in [-0.3, -0.25) is 0 Å². The molecule has 0 fully saturated rings. The van der Waals surface area contributed by atoms with Crippen molar-refractivity contribution < 1.29 is 9.15 Å². The fraction of sp³-hybridized carbons (Fsp3) is 0.188. The molecule has 0 atom stereocenters. The second-order valence-corrected chi connectivity index (χ2v) is 4.67. The minimum absolute atomic E-state index is 0.521. The van der Waals surface area contributed by atoms with Crippen molar-refractivity contribution >= 4 is 11.1 Å². The molecule has 0 bridgehead atoms. The summed E-state index contributed by atoms with van der Waals surface area (Å²) in [6.07, 6.45) is 0. The molecule has 20 heavy (non-hydrogen) atoms. The lowest BCUT2D eigenvalue weighted by Gasteiger charge is -2.06. The highest BCUT2D eigenvalue weighted by Crippen LogP contribution is 2.22. The van der Waals surface area contributed by atoms with Crippen molar-refractivity contribution in [1.82, 2.24) is 4.98 Å². The molecule has 102 valence electrons. The van der Waals surface area contributed by atoms with Gasteiger partial charge in [-0.05, 0) is 23.3 Å². The molecule has 3 aromatic rings. The van der Waals surface area contributed by atoms with E-state index in [4.69, 9.17) is 14.9 Å². The smallest absolute Gasteiger partial charge is 0.192 e. The summed E-state index contributed by atoms with van der Waals surface area (Å²) < 4.78 is 11.2. The maximum atomic E-state index is 5.77. The molecule has 0 unspecified atom stereocenters. The second-order valence-electron chi connectivity index (χ2n) is 4.67. The topological polar surface area (TPSA) is 61.3 Å². The Hall–Kier alpha value is -2.33. The number of nitrogens with zero attached hydrogens (tertiary/aromatic N) is 1. The molecular weight excluding hydrogens is 252 g/mol. The maximum Gasteiger partial charge on any atom is 0.192 e. The average Bonchev–Trinajstić information content (AvgIpc) is 2.85. The van der Waals surface area contributed by atoms with Gasteiger partial charge in [0.25, 0.3) is 0 Å². The Balaban J connectivity index is 1.72. The molecule has 2 aromatic carbocycles. The standard InChI is InChI=1S/C16H16N2O2/c1-11-18-15-8-14(6-7-16(15)20-11)19-10-13-4-2-12(9-17)3-5-13/h2-8H,9-10,17H2,1H3. The second kappa shape index (κ2) is 5.35. The van der Waals surface area contributed by atoms with E-state index in [1.165, 1.54) is 0 Å². The Morgan fingerprint density at radius 2 is 1.85 bits per heavy atom. The average molecular weight is 268 g/mol. The van der Waals surface area contributed by atoms with Crippen LogP contribution >= 0.6 is 0 Å². The lowest BCUT2D eigenvalue weighted by Crippen LogP contribution is -1.98. The Kier molecular flexibility index (Phi) is 3.39. The third kappa shape index (κ3) is 2.65. The van der Waals surface area contributed by atoms with Crippen LogP contribution in [0.5, 0.6) is 5.75 Å². The molecule has 1 heterocycles. The van der Waals surface area contributed by atoms with Gasteiger partial charge in [-0.15, -0.1) is 0 Å². The minimum atomic E-state index is 0.521. The van der Waals surface area contributed by atoms with Gasteiger partial charge >= 0.3 is 0 Å². The van der Waals surface area contributed by atoms with Crippen LogP contribution in [-0.2, 0) is 13.2 Å². The fourth-order valence-electron chi connectivity index (χ4n) is 2.05. The number of nitrogens with two attached hydrogens (primary N) is 1. The summed E-state index contributed by atoms with van der Waals surface area (Å²) in [5.41, 5.74) is 9.40. The van der Waals surface area contributed by atoms with Crippen LogP contribution in [0.4, 0.5) is 0 Å². The molecule has 1 aromatic heterocycles. The van der Waals surface area contributed by atoms with Gasteiger partial charge in [-0.25, -0.2) is 4.98 Å². The van der Waals surface area contributed by atoms with E-state index < -0.39 is 0 Å². The highest BCUT2D eigenvalue weighted by atomic mass is 16.5. The molecule has 0 aliphatic heterocycles. The first-order valence-corrected chi connectivity index (χ1v) is 6.52. The lowest BCUT2D eigenvalue weighted by molar-refractivity contribution is 0.306. The Bertz CT molecular complexity index is 717. The number of aromatic nitrogens is 1. The number of aryl methyl sites for hydroxylation is 1. The Labute approximate surface area is 117 Å². The third-order valence-corrected chi connectivity index (χ3v) is 3.13. The number of hydrogen-bond acceptors (Lipinski definition) is 4. The van der Waals surface area contributed by atoms with E-state index >= 15 is 0 Å². The molecule has 0 saturated heterocycles. The van der Waals surface area contributed by atoms with E-state index in [2.05, 4.69) is 4.98 Å². The molecule has 0 radical (unpaired) electrons. The van der Waals surface area contributed by atoms with Crippen molar-refractivity contribution in [2.75, 3.05) is 0 Å². The van der Waals surface area contributed by atoms with Crippen molar-refractivity contribution in [2.45, 2.75) is 20.1 Å². The van der Waals surface area contributed by atoms with Crippen LogP contribution in [0.1, 0.15) is 17.0 Å². The monoisotopic (exact) mass is 268 g/mol. The van der Waals surface area contributed by atoms with E-state index in [0.717, 1.165) is 28.0 Å². The molecule has 0 aliphatic carbocycles. The normalized spacial score (nSPS) is 10.9. The quantitative estimate of drug-likeness (QED) is 0.789. The molecule has 4 heteroatoms. The van der Waals surface area contributed by atoms with Crippen molar-refractivity contribution in [3.8, 4) is 5.75 Å². The van der Waals surface area contributed by atoms with Crippen LogP contribution in [0.25, 0.3) is 11.1 Å². The van der Waals surface area contributed by atoms with E-state index in [1.807, 2.05) is 49.4 Å². The highest BCUT2D eigenvalue weighted by Gasteiger charge is 2.04. The van der Waals surface area contributed by atoms with Gasteiger partial charge in [-0.1, -0.05) is 24.3 Å². The van der Waals surface area contributed by atoms with Crippen LogP contribution in [-0.4, -0.2) is 4.98 Å². The molecular formula is C16H16N2O2. The lowest BCUT2D eigenvalue weighted by atomic mass is 10.1. The highest BCUT2D eigenvalue weighted by molar-refractivity contribution is 5.74. The predicted octanol–water partition coefficient (Wildman–Crippen LogP) is 3.17. The third-order valence-electron chi connectivity index (χ3n) is 3.13. The molecule has 0 spiro atoms. The van der Waals surface area contributed by atoms with Gasteiger partial charge in [0, 0.05) is 19.5 Å². The van der Waals surface area contributed by atoms with Gasteiger partial charge in [0.2, 0.25) is 0 Å². The summed E-state index contributed by atoms with van der Waals surface area (Å²) in [5.74, 6) is 1.45. The summed E-state index contributed by atoms with van der Waals surface area (Å²) in [6, 6.07) is 13.7. The SMILES string of the molecule is Cc1nc2cc(OCc3ccc(CN)cc3)ccc2o1. The zero-order valence-electron chi connectivity index (χ0n) is 11.3. The zero-order valence-corrected chi connectivity index (χ0v) is 11.3. The van der Waals surface area contributed by atoms with Gasteiger partial charge < -0.3 is 14.9 Å². The predicted molar refractivity (Wildman–Crippen MR) is 77.4 cm³/mol. The molecule has 3 rings (SSSR count). The molecule has 4 nitrogen and oxygen atoms in total. The Morgan fingerprint density at radius 1 is 1.10 bits per heavy atom. The number of fused-ring (bicyclic) bond motifs is 1. The van der Waals surface area contributed by atoms with Gasteiger partial charge in [-0.2, -0.15) is 0 Å². The molecule has 2 N–H and O–H groups in total. The summed E-state index contributed by atoms with van der Waals surface area (Å²) in [5, 5.41) is 0. The fourth-order valence-corrected chi connectivity index (χ4v) is 2.05. The number of benzene rings is 2. The van der Waals surface area contributed by atoms with Crippen LogP contribution < -0.4 is 10.5 Å². The van der Waals surface area contributed by atoms with E-state index in [9.17, 15) is 0 Å². The van der Waals surface area contributed by atoms with Gasteiger partial charge in [0.1, 0.15) is 17.9 Å². The van der Waals surface area contributed by atoms with Crippen LogP contribution in [0.2, 0.25) is 0 Å². The number of ether oxygens (including phenoxy) is 1. The first-order chi connectivity index (χ1) is 9.74. The van der Waals surface area contributed by atoms with Crippen LogP contribution in [0, 0.1) is 6.92 Å². The van der Waals surface area contributed by atoms with Crippen LogP contribution in [0.3, 0.4) is 0 Å². The van der Waals surface area contributed by atoms with E-state index in [0.29, 0.717) is 19.0 Å². The maximum absolute atomic E-state index is 5.77. The summed E-state index contributed by atoms with van der Waals surface area (Å²) in [7, 11) is 0. The number of hydrogen-bond donors (Lipinski definition) is 1. The zero-order chi connectivity index (χ0) is 13.9. The van der Waals surface area contributed by atoms with Crippen molar-refractivity contribution in [3.63, 3.8) is 0 Å². The van der Waals surface area contributed by atoms with Crippen molar-refractivity contribution in [2.24, 2.45) is 5.73 Å². The number of rotatable bonds is 4. The molecule has 0 amide bonds. The summed E-state index contributed by atoms with van der Waals surface area (Å²) in [6.45, 7) is 2.91. The van der Waals surface area contributed by atoms with Gasteiger partial charge in [0.05, 0.1) is 0 Å². The number of oxazole rings is 1. The van der Waals surface area contributed by atoms with Crippen molar-refractivity contribution in [1.29, 1.82) is 0 Å². The minimum Gasteiger partial charge on any atom is -0.489 e. The summed E-state index contributed by atoms with van der Waals surface area (Å²) >= 11 is 0. The Morgan fingerprint density at radius 3 is 2.60 bits per heavy atom.